The lowest BCUT2D eigenvalue weighted by molar-refractivity contribution is -0.167. The van der Waals surface area contributed by atoms with Gasteiger partial charge in [0, 0.05) is 19.3 Å². The molecule has 0 saturated carbocycles. The van der Waals surface area contributed by atoms with Crippen molar-refractivity contribution in [2.75, 3.05) is 13.2 Å². The number of hydrogen-bond donors (Lipinski definition) is 0. The second-order valence-corrected chi connectivity index (χ2v) is 18.1. The van der Waals surface area contributed by atoms with Crippen LogP contribution >= 0.6 is 0 Å². The summed E-state index contributed by atoms with van der Waals surface area (Å²) in [5.41, 5.74) is 0. The standard InChI is InChI=1S/C62H102O6/c1-4-7-10-13-15-17-19-21-22-23-24-25-26-27-28-29-30-31-32-33-34-35-36-37-38-39-40-41-43-44-46-49-52-55-61(64)67-58-59(57-66-60(63)54-51-48-12-9-6-3)68-62(65)56-53-50-47-45-42-20-18-16-14-11-8-5-2/h7,10,15-18,21-22,24-25,27-28,30-31,33-34,36-37,59H,4-6,8-9,11-14,19-20,23,26,29,32,35,38-58H2,1-3H3/b10-7-,17-15-,18-16-,22-21-,25-24-,28-27-,31-30-,34-33-,37-36-. The maximum atomic E-state index is 12.7. The van der Waals surface area contributed by atoms with Crippen LogP contribution in [0.1, 0.15) is 245 Å². The summed E-state index contributed by atoms with van der Waals surface area (Å²) < 4.78 is 16.6. The van der Waals surface area contributed by atoms with Crippen LogP contribution in [0.5, 0.6) is 0 Å². The fraction of sp³-hybridized carbons (Fsp3) is 0.661. The van der Waals surface area contributed by atoms with Gasteiger partial charge in [0.2, 0.25) is 0 Å². The van der Waals surface area contributed by atoms with Crippen LogP contribution in [0.25, 0.3) is 0 Å². The van der Waals surface area contributed by atoms with Gasteiger partial charge in [0.25, 0.3) is 0 Å². The predicted octanol–water partition coefficient (Wildman–Crippen LogP) is 18.7. The summed E-state index contributed by atoms with van der Waals surface area (Å²) in [5, 5.41) is 0. The Balaban J connectivity index is 4.05. The first-order valence-electron chi connectivity index (χ1n) is 27.9. The van der Waals surface area contributed by atoms with E-state index >= 15 is 0 Å². The Morgan fingerprint density at radius 2 is 0.574 bits per heavy atom. The maximum absolute atomic E-state index is 12.7. The molecule has 0 rings (SSSR count). The topological polar surface area (TPSA) is 78.9 Å². The van der Waals surface area contributed by atoms with Crippen molar-refractivity contribution < 1.29 is 28.6 Å². The van der Waals surface area contributed by atoms with Crippen molar-refractivity contribution in [1.82, 2.24) is 0 Å². The highest BCUT2D eigenvalue weighted by atomic mass is 16.6. The molecule has 6 nitrogen and oxygen atoms in total. The summed E-state index contributed by atoms with van der Waals surface area (Å²) in [7, 11) is 0. The zero-order chi connectivity index (χ0) is 49.3. The van der Waals surface area contributed by atoms with Gasteiger partial charge in [0.05, 0.1) is 0 Å². The van der Waals surface area contributed by atoms with Crippen LogP contribution < -0.4 is 0 Å². The molecule has 1 unspecified atom stereocenters. The average molecular weight is 943 g/mol. The van der Waals surface area contributed by atoms with E-state index in [2.05, 4.69) is 130 Å². The molecule has 6 heteroatoms. The molecule has 0 aromatic heterocycles. The van der Waals surface area contributed by atoms with Crippen LogP contribution in [0, 0.1) is 0 Å². The SMILES string of the molecule is CC/C=C\C/C=C\C/C=C\C/C=C\C/C=C\C/C=C\C/C=C\C/C=C\CCCCCCCCCCC(=O)OCC(COC(=O)CCCCCCC)OC(=O)CCCCCCC/C=C\CCCCC. The van der Waals surface area contributed by atoms with Crippen LogP contribution in [0.4, 0.5) is 0 Å². The van der Waals surface area contributed by atoms with Gasteiger partial charge < -0.3 is 14.2 Å². The van der Waals surface area contributed by atoms with Crippen molar-refractivity contribution in [1.29, 1.82) is 0 Å². The highest BCUT2D eigenvalue weighted by Gasteiger charge is 2.19. The van der Waals surface area contributed by atoms with Crippen LogP contribution in [-0.2, 0) is 28.6 Å². The largest absolute Gasteiger partial charge is 0.462 e. The van der Waals surface area contributed by atoms with E-state index in [4.69, 9.17) is 14.2 Å². The number of carbonyl (C=O) groups excluding carboxylic acids is 3. The normalized spacial score (nSPS) is 12.9. The number of unbranched alkanes of at least 4 members (excludes halogenated alkanes) is 20. The minimum absolute atomic E-state index is 0.0846. The smallest absolute Gasteiger partial charge is 0.306 e. The average Bonchev–Trinajstić information content (AvgIpc) is 3.34. The summed E-state index contributed by atoms with van der Waals surface area (Å²) in [6, 6.07) is 0. The molecule has 1 atom stereocenters. The molecule has 0 radical (unpaired) electrons. The Kier molecular flexibility index (Phi) is 52.4. The zero-order valence-electron chi connectivity index (χ0n) is 44.1. The third kappa shape index (κ3) is 53.0. The Bertz CT molecular complexity index is 1410. The van der Waals surface area contributed by atoms with Gasteiger partial charge in [0.15, 0.2) is 6.10 Å². The minimum Gasteiger partial charge on any atom is -0.462 e. The van der Waals surface area contributed by atoms with Crippen LogP contribution in [0.2, 0.25) is 0 Å². The van der Waals surface area contributed by atoms with Gasteiger partial charge in [-0.15, -0.1) is 0 Å². The molecule has 0 bridgehead atoms. The fourth-order valence-electron chi connectivity index (χ4n) is 7.33. The van der Waals surface area contributed by atoms with Gasteiger partial charge >= 0.3 is 17.9 Å². The van der Waals surface area contributed by atoms with Gasteiger partial charge in [-0.2, -0.15) is 0 Å². The quantitative estimate of drug-likeness (QED) is 0.0262. The third-order valence-electron chi connectivity index (χ3n) is 11.5. The number of hydrogen-bond acceptors (Lipinski definition) is 6. The molecule has 0 amide bonds. The molecule has 0 aromatic rings. The van der Waals surface area contributed by atoms with Crippen molar-refractivity contribution in [2.45, 2.75) is 252 Å². The summed E-state index contributed by atoms with van der Waals surface area (Å²) in [6.07, 6.45) is 75.6. The second kappa shape index (κ2) is 55.7. The van der Waals surface area contributed by atoms with E-state index in [1.807, 2.05) is 0 Å². The summed E-state index contributed by atoms with van der Waals surface area (Å²) in [4.78, 5) is 37.6. The van der Waals surface area contributed by atoms with Crippen LogP contribution in [0.15, 0.2) is 109 Å². The van der Waals surface area contributed by atoms with E-state index in [1.54, 1.807) is 0 Å². The molecule has 0 heterocycles. The summed E-state index contributed by atoms with van der Waals surface area (Å²) in [5.74, 6) is -0.920. The molecule has 0 aliphatic heterocycles. The van der Waals surface area contributed by atoms with E-state index in [9.17, 15) is 14.4 Å². The van der Waals surface area contributed by atoms with E-state index in [1.165, 1.54) is 70.6 Å². The lowest BCUT2D eigenvalue weighted by Crippen LogP contribution is -2.30. The Labute approximate surface area is 419 Å². The molecule has 0 aliphatic carbocycles. The Hall–Kier alpha value is -3.93. The number of allylic oxidation sites excluding steroid dienone is 18. The molecule has 0 fully saturated rings. The first kappa shape index (κ1) is 64.1. The minimum atomic E-state index is -0.781. The highest BCUT2D eigenvalue weighted by molar-refractivity contribution is 5.71. The highest BCUT2D eigenvalue weighted by Crippen LogP contribution is 2.14. The van der Waals surface area contributed by atoms with Gasteiger partial charge in [0.1, 0.15) is 13.2 Å². The van der Waals surface area contributed by atoms with Crippen molar-refractivity contribution in [3.8, 4) is 0 Å². The van der Waals surface area contributed by atoms with Gasteiger partial charge in [-0.3, -0.25) is 14.4 Å². The van der Waals surface area contributed by atoms with Crippen molar-refractivity contribution >= 4 is 17.9 Å². The Morgan fingerprint density at radius 1 is 0.309 bits per heavy atom. The monoisotopic (exact) mass is 943 g/mol. The number of esters is 3. The summed E-state index contributed by atoms with van der Waals surface area (Å²) >= 11 is 0. The Morgan fingerprint density at radius 3 is 0.941 bits per heavy atom. The molecule has 0 N–H and O–H groups in total. The lowest BCUT2D eigenvalue weighted by Gasteiger charge is -2.18. The first-order valence-corrected chi connectivity index (χ1v) is 27.9. The predicted molar refractivity (Wildman–Crippen MR) is 293 cm³/mol. The van der Waals surface area contributed by atoms with Gasteiger partial charge in [-0.25, -0.2) is 0 Å². The summed E-state index contributed by atoms with van der Waals surface area (Å²) in [6.45, 7) is 6.39. The van der Waals surface area contributed by atoms with Crippen molar-refractivity contribution in [3.63, 3.8) is 0 Å². The van der Waals surface area contributed by atoms with Gasteiger partial charge in [-0.1, -0.05) is 226 Å². The van der Waals surface area contributed by atoms with E-state index in [0.717, 1.165) is 135 Å². The zero-order valence-corrected chi connectivity index (χ0v) is 44.1. The van der Waals surface area contributed by atoms with Crippen LogP contribution in [-0.4, -0.2) is 37.2 Å². The fourth-order valence-corrected chi connectivity index (χ4v) is 7.33. The second-order valence-electron chi connectivity index (χ2n) is 18.1. The maximum Gasteiger partial charge on any atom is 0.306 e. The number of ether oxygens (including phenoxy) is 3. The molecular formula is C62H102O6. The third-order valence-corrected chi connectivity index (χ3v) is 11.5. The van der Waals surface area contributed by atoms with E-state index in [-0.39, 0.29) is 31.1 Å². The molecule has 0 spiro atoms. The number of rotatable bonds is 49. The first-order chi connectivity index (χ1) is 33.5. The molecule has 0 aromatic carbocycles. The van der Waals surface area contributed by atoms with Crippen molar-refractivity contribution in [3.05, 3.63) is 109 Å². The molecular weight excluding hydrogens is 841 g/mol. The van der Waals surface area contributed by atoms with Gasteiger partial charge in [-0.05, 0) is 109 Å². The molecule has 0 saturated heterocycles. The van der Waals surface area contributed by atoms with Crippen LogP contribution in [0.3, 0.4) is 0 Å². The van der Waals surface area contributed by atoms with Crippen molar-refractivity contribution in [2.24, 2.45) is 0 Å². The lowest BCUT2D eigenvalue weighted by atomic mass is 10.1. The van der Waals surface area contributed by atoms with E-state index < -0.39 is 6.10 Å². The van der Waals surface area contributed by atoms with E-state index in [0.29, 0.717) is 19.3 Å². The molecule has 68 heavy (non-hydrogen) atoms. The molecule has 0 aliphatic rings. The number of carbonyl (C=O) groups is 3. The molecule has 386 valence electrons.